The summed E-state index contributed by atoms with van der Waals surface area (Å²) in [6.45, 7) is 6.26. The van der Waals surface area contributed by atoms with E-state index in [0.29, 0.717) is 0 Å². The van der Waals surface area contributed by atoms with Crippen LogP contribution >= 0.6 is 11.3 Å². The summed E-state index contributed by atoms with van der Waals surface area (Å²) in [5.41, 5.74) is 4.53. The van der Waals surface area contributed by atoms with E-state index in [1.807, 2.05) is 41.2 Å². The molecule has 0 amide bonds. The van der Waals surface area contributed by atoms with Gasteiger partial charge in [-0.15, -0.1) is 11.3 Å². The van der Waals surface area contributed by atoms with Crippen molar-refractivity contribution in [2.24, 2.45) is 10.1 Å². The van der Waals surface area contributed by atoms with Gasteiger partial charge in [-0.3, -0.25) is 4.99 Å². The lowest BCUT2D eigenvalue weighted by atomic mass is 10.1. The molecule has 122 valence electrons. The average molecular weight is 335 g/mol. The Labute approximate surface area is 146 Å². The summed E-state index contributed by atoms with van der Waals surface area (Å²) < 4.78 is 1.94. The van der Waals surface area contributed by atoms with Crippen molar-refractivity contribution in [2.75, 3.05) is 0 Å². The van der Waals surface area contributed by atoms with Crippen molar-refractivity contribution >= 4 is 17.6 Å². The van der Waals surface area contributed by atoms with Crippen LogP contribution in [-0.2, 0) is 0 Å². The second kappa shape index (κ2) is 7.41. The molecular weight excluding hydrogens is 314 g/mol. The molecule has 0 fully saturated rings. The van der Waals surface area contributed by atoms with Gasteiger partial charge in [0, 0.05) is 17.0 Å². The van der Waals surface area contributed by atoms with Gasteiger partial charge in [-0.05, 0) is 31.9 Å². The van der Waals surface area contributed by atoms with Crippen LogP contribution in [-0.4, -0.2) is 16.9 Å². The molecule has 4 heteroatoms. The van der Waals surface area contributed by atoms with Gasteiger partial charge in [-0.2, -0.15) is 5.10 Å². The standard InChI is InChI=1S/C20H21N3S/c1-15(2)22-20-23(21-13-18-12-8-7-9-16(18)3)19(14-24-20)17-10-5-4-6-11-17/h4-15H,1-3H3. The van der Waals surface area contributed by atoms with Crippen molar-refractivity contribution in [3.63, 3.8) is 0 Å². The summed E-state index contributed by atoms with van der Waals surface area (Å²) >= 11 is 1.62. The number of hydrogen-bond donors (Lipinski definition) is 0. The van der Waals surface area contributed by atoms with E-state index in [9.17, 15) is 0 Å². The number of hydrogen-bond acceptors (Lipinski definition) is 3. The Bertz CT molecular complexity index is 902. The van der Waals surface area contributed by atoms with E-state index in [-0.39, 0.29) is 6.04 Å². The molecule has 0 radical (unpaired) electrons. The molecule has 3 aromatic rings. The first kappa shape index (κ1) is 16.4. The van der Waals surface area contributed by atoms with Crippen molar-refractivity contribution in [1.82, 2.24) is 4.68 Å². The molecule has 0 aliphatic carbocycles. The van der Waals surface area contributed by atoms with Gasteiger partial charge in [-0.1, -0.05) is 54.6 Å². The Morgan fingerprint density at radius 1 is 1.00 bits per heavy atom. The van der Waals surface area contributed by atoms with Crippen LogP contribution in [0.15, 0.2) is 70.1 Å². The normalized spacial score (nSPS) is 12.4. The molecule has 1 heterocycles. The number of rotatable bonds is 4. The first-order chi connectivity index (χ1) is 11.6. The first-order valence-corrected chi connectivity index (χ1v) is 8.93. The fourth-order valence-electron chi connectivity index (χ4n) is 2.38. The monoisotopic (exact) mass is 335 g/mol. The fourth-order valence-corrected chi connectivity index (χ4v) is 3.35. The van der Waals surface area contributed by atoms with E-state index < -0.39 is 0 Å². The Morgan fingerprint density at radius 3 is 2.42 bits per heavy atom. The van der Waals surface area contributed by atoms with Crippen LogP contribution in [0, 0.1) is 6.92 Å². The van der Waals surface area contributed by atoms with Gasteiger partial charge in [-0.25, -0.2) is 4.68 Å². The van der Waals surface area contributed by atoms with E-state index in [1.54, 1.807) is 11.3 Å². The Kier molecular flexibility index (Phi) is 5.06. The fraction of sp³-hybridized carbons (Fsp3) is 0.200. The number of benzene rings is 2. The second-order valence-electron chi connectivity index (χ2n) is 5.91. The minimum atomic E-state index is 0.229. The highest BCUT2D eigenvalue weighted by molar-refractivity contribution is 7.07. The van der Waals surface area contributed by atoms with Crippen LogP contribution in [0.25, 0.3) is 11.3 Å². The minimum absolute atomic E-state index is 0.229. The maximum atomic E-state index is 4.73. The highest BCUT2D eigenvalue weighted by atomic mass is 32.1. The predicted octanol–water partition coefficient (Wildman–Crippen LogP) is 4.72. The van der Waals surface area contributed by atoms with Crippen molar-refractivity contribution < 1.29 is 0 Å². The van der Waals surface area contributed by atoms with E-state index >= 15 is 0 Å². The lowest BCUT2D eigenvalue weighted by Gasteiger charge is -2.04. The molecule has 0 saturated carbocycles. The molecule has 0 spiro atoms. The third kappa shape index (κ3) is 3.71. The number of nitrogens with zero attached hydrogens (tertiary/aromatic N) is 3. The summed E-state index contributed by atoms with van der Waals surface area (Å²) in [6, 6.07) is 18.8. The predicted molar refractivity (Wildman–Crippen MR) is 103 cm³/mol. The van der Waals surface area contributed by atoms with Crippen LogP contribution in [0.3, 0.4) is 0 Å². The average Bonchev–Trinajstić information content (AvgIpc) is 2.97. The highest BCUT2D eigenvalue weighted by Crippen LogP contribution is 2.19. The van der Waals surface area contributed by atoms with Crippen LogP contribution in [0.5, 0.6) is 0 Å². The molecule has 0 N–H and O–H groups in total. The highest BCUT2D eigenvalue weighted by Gasteiger charge is 2.07. The van der Waals surface area contributed by atoms with Crippen LogP contribution in [0.4, 0.5) is 0 Å². The topological polar surface area (TPSA) is 29.6 Å². The molecular formula is C20H21N3S. The molecule has 0 aliphatic rings. The molecule has 2 aromatic carbocycles. The van der Waals surface area contributed by atoms with E-state index in [1.165, 1.54) is 5.56 Å². The zero-order valence-electron chi connectivity index (χ0n) is 14.2. The van der Waals surface area contributed by atoms with Gasteiger partial charge < -0.3 is 0 Å². The molecule has 1 aromatic heterocycles. The number of thiazole rings is 1. The van der Waals surface area contributed by atoms with Crippen molar-refractivity contribution in [2.45, 2.75) is 26.8 Å². The molecule has 0 saturated heterocycles. The Hall–Kier alpha value is -2.46. The lowest BCUT2D eigenvalue weighted by Crippen LogP contribution is -2.14. The summed E-state index contributed by atoms with van der Waals surface area (Å²) in [4.78, 5) is 5.62. The maximum Gasteiger partial charge on any atom is 0.206 e. The lowest BCUT2D eigenvalue weighted by molar-refractivity contribution is 0.754. The van der Waals surface area contributed by atoms with E-state index in [0.717, 1.165) is 21.6 Å². The van der Waals surface area contributed by atoms with Gasteiger partial charge in [0.2, 0.25) is 4.80 Å². The van der Waals surface area contributed by atoms with E-state index in [4.69, 9.17) is 10.1 Å². The second-order valence-corrected chi connectivity index (χ2v) is 6.74. The van der Waals surface area contributed by atoms with E-state index in [2.05, 4.69) is 50.4 Å². The van der Waals surface area contributed by atoms with Gasteiger partial charge in [0.05, 0.1) is 11.9 Å². The molecule has 0 unspecified atom stereocenters. The van der Waals surface area contributed by atoms with Crippen molar-refractivity contribution in [3.05, 3.63) is 75.9 Å². The smallest absolute Gasteiger partial charge is 0.206 e. The van der Waals surface area contributed by atoms with Crippen LogP contribution in [0.2, 0.25) is 0 Å². The maximum absolute atomic E-state index is 4.73. The number of aryl methyl sites for hydroxylation is 1. The van der Waals surface area contributed by atoms with Crippen LogP contribution in [0.1, 0.15) is 25.0 Å². The van der Waals surface area contributed by atoms with Crippen LogP contribution < -0.4 is 4.80 Å². The summed E-state index contributed by atoms with van der Waals surface area (Å²) in [5, 5.41) is 6.85. The molecule has 3 rings (SSSR count). The SMILES string of the molecule is Cc1ccccc1C=Nn1c(-c2ccccc2)csc1=NC(C)C. The summed E-state index contributed by atoms with van der Waals surface area (Å²) in [7, 11) is 0. The molecule has 0 aliphatic heterocycles. The largest absolute Gasteiger partial charge is 0.255 e. The first-order valence-electron chi connectivity index (χ1n) is 8.05. The van der Waals surface area contributed by atoms with Crippen molar-refractivity contribution in [3.8, 4) is 11.3 Å². The summed E-state index contributed by atoms with van der Waals surface area (Å²) in [6.07, 6.45) is 1.91. The van der Waals surface area contributed by atoms with Gasteiger partial charge in [0.25, 0.3) is 0 Å². The third-order valence-corrected chi connectivity index (χ3v) is 4.45. The quantitative estimate of drug-likeness (QED) is 0.618. The Morgan fingerprint density at radius 2 is 1.71 bits per heavy atom. The third-order valence-electron chi connectivity index (χ3n) is 3.62. The molecule has 0 bridgehead atoms. The summed E-state index contributed by atoms with van der Waals surface area (Å²) in [5.74, 6) is 0. The Balaban J connectivity index is 2.11. The molecule has 3 nitrogen and oxygen atoms in total. The van der Waals surface area contributed by atoms with Gasteiger partial charge in [0.15, 0.2) is 0 Å². The van der Waals surface area contributed by atoms with Gasteiger partial charge in [0.1, 0.15) is 0 Å². The zero-order chi connectivity index (χ0) is 16.9. The van der Waals surface area contributed by atoms with Crippen molar-refractivity contribution in [1.29, 1.82) is 0 Å². The minimum Gasteiger partial charge on any atom is -0.255 e. The molecule has 24 heavy (non-hydrogen) atoms. The molecule has 0 atom stereocenters. The zero-order valence-corrected chi connectivity index (χ0v) is 15.0. The number of aromatic nitrogens is 1. The van der Waals surface area contributed by atoms with Gasteiger partial charge >= 0.3 is 0 Å².